The Bertz CT molecular complexity index is 883. The highest BCUT2D eigenvalue weighted by molar-refractivity contribution is 8.24. The number of nitro groups is 1. The highest BCUT2D eigenvalue weighted by Gasteiger charge is 2.50. The SMILES string of the molecule is CC1(C)SC(=S)N(Cc2ccccc2)[C@@H]1/[N+]([O-])=C/c1ccc([N+](=O)[O-])cc1. The van der Waals surface area contributed by atoms with Crippen molar-refractivity contribution in [2.75, 3.05) is 0 Å². The van der Waals surface area contributed by atoms with Crippen LogP contribution in [0.25, 0.3) is 0 Å². The van der Waals surface area contributed by atoms with Crippen LogP contribution in [0.3, 0.4) is 0 Å². The standard InChI is InChI=1S/C19H19N3O3S2/c1-19(2)17(20(18(26)27-19)12-14-6-4-3-5-7-14)21(23)13-15-8-10-16(11-9-15)22(24)25/h3-11,13,17H,12H2,1-2H3/b21-13-/t17-/m1/s1. The van der Waals surface area contributed by atoms with Gasteiger partial charge in [0.1, 0.15) is 9.07 Å². The van der Waals surface area contributed by atoms with Gasteiger partial charge in [-0.15, -0.1) is 0 Å². The first-order valence-electron chi connectivity index (χ1n) is 8.36. The van der Waals surface area contributed by atoms with Crippen LogP contribution in [0.1, 0.15) is 25.0 Å². The maximum absolute atomic E-state index is 13.0. The molecule has 1 aliphatic heterocycles. The Morgan fingerprint density at radius 3 is 2.37 bits per heavy atom. The lowest BCUT2D eigenvalue weighted by Gasteiger charge is -2.29. The van der Waals surface area contributed by atoms with Gasteiger partial charge in [-0.25, -0.2) is 0 Å². The average Bonchev–Trinajstić information content (AvgIpc) is 2.84. The van der Waals surface area contributed by atoms with Crippen molar-refractivity contribution in [3.8, 4) is 0 Å². The topological polar surface area (TPSA) is 72.5 Å². The second kappa shape index (κ2) is 7.66. The number of hydrogen-bond acceptors (Lipinski definition) is 5. The third-order valence-corrected chi connectivity index (χ3v) is 5.95. The van der Waals surface area contributed by atoms with Crippen molar-refractivity contribution in [3.05, 3.63) is 81.0 Å². The second-order valence-electron chi connectivity index (χ2n) is 6.80. The van der Waals surface area contributed by atoms with Gasteiger partial charge in [0.15, 0.2) is 6.21 Å². The first-order valence-corrected chi connectivity index (χ1v) is 9.59. The van der Waals surface area contributed by atoms with E-state index in [0.29, 0.717) is 16.4 Å². The van der Waals surface area contributed by atoms with E-state index in [1.54, 1.807) is 12.1 Å². The molecule has 0 radical (unpaired) electrons. The molecule has 140 valence electrons. The van der Waals surface area contributed by atoms with E-state index in [9.17, 15) is 15.3 Å². The number of non-ortho nitro benzene ring substituents is 1. The van der Waals surface area contributed by atoms with E-state index < -0.39 is 15.8 Å². The Morgan fingerprint density at radius 1 is 1.15 bits per heavy atom. The summed E-state index contributed by atoms with van der Waals surface area (Å²) in [6, 6.07) is 15.8. The lowest BCUT2D eigenvalue weighted by atomic mass is 10.1. The molecule has 1 aliphatic rings. The van der Waals surface area contributed by atoms with Crippen molar-refractivity contribution in [3.63, 3.8) is 0 Å². The first-order chi connectivity index (χ1) is 12.8. The van der Waals surface area contributed by atoms with Gasteiger partial charge in [0.25, 0.3) is 11.9 Å². The highest BCUT2D eigenvalue weighted by Crippen LogP contribution is 2.42. The van der Waals surface area contributed by atoms with Crippen LogP contribution >= 0.6 is 24.0 Å². The highest BCUT2D eigenvalue weighted by atomic mass is 32.2. The molecule has 3 rings (SSSR count). The number of hydroxylamine groups is 1. The lowest BCUT2D eigenvalue weighted by Crippen LogP contribution is -2.47. The Kier molecular flexibility index (Phi) is 5.48. The van der Waals surface area contributed by atoms with E-state index in [4.69, 9.17) is 12.2 Å². The molecular formula is C19H19N3O3S2. The van der Waals surface area contributed by atoms with Gasteiger partial charge < -0.3 is 5.21 Å². The Morgan fingerprint density at radius 2 is 1.78 bits per heavy atom. The zero-order chi connectivity index (χ0) is 19.6. The monoisotopic (exact) mass is 401 g/mol. The third-order valence-electron chi connectivity index (χ3n) is 4.32. The van der Waals surface area contributed by atoms with Gasteiger partial charge in [0.05, 0.1) is 11.5 Å². The first kappa shape index (κ1) is 19.3. The second-order valence-corrected chi connectivity index (χ2v) is 9.08. The molecule has 0 amide bonds. The number of thioether (sulfide) groups is 1. The van der Waals surface area contributed by atoms with Crippen LogP contribution < -0.4 is 0 Å². The number of benzene rings is 2. The van der Waals surface area contributed by atoms with Crippen molar-refractivity contribution in [2.24, 2.45) is 0 Å². The molecule has 6 nitrogen and oxygen atoms in total. The van der Waals surface area contributed by atoms with Crippen LogP contribution in [0.15, 0.2) is 54.6 Å². The fraction of sp³-hybridized carbons (Fsp3) is 0.263. The van der Waals surface area contributed by atoms with E-state index in [-0.39, 0.29) is 5.69 Å². The van der Waals surface area contributed by atoms with Gasteiger partial charge >= 0.3 is 0 Å². The molecular weight excluding hydrogens is 382 g/mol. The molecule has 0 saturated carbocycles. The molecule has 0 aromatic heterocycles. The fourth-order valence-electron chi connectivity index (χ4n) is 3.09. The average molecular weight is 402 g/mol. The summed E-state index contributed by atoms with van der Waals surface area (Å²) >= 11 is 7.04. The summed E-state index contributed by atoms with van der Waals surface area (Å²) in [5, 5.41) is 23.8. The molecule has 0 aliphatic carbocycles. The maximum Gasteiger partial charge on any atom is 0.269 e. The predicted molar refractivity (Wildman–Crippen MR) is 112 cm³/mol. The number of hydrogen-bond donors (Lipinski definition) is 0. The Hall–Kier alpha value is -2.45. The third kappa shape index (κ3) is 4.28. The summed E-state index contributed by atoms with van der Waals surface area (Å²) in [6.45, 7) is 4.54. The van der Waals surface area contributed by atoms with Crippen LogP contribution in [0.4, 0.5) is 5.69 Å². The minimum Gasteiger partial charge on any atom is -0.622 e. The summed E-state index contributed by atoms with van der Waals surface area (Å²) in [5.41, 5.74) is 1.67. The molecule has 0 spiro atoms. The van der Waals surface area contributed by atoms with Gasteiger partial charge in [-0.2, -0.15) is 4.74 Å². The molecule has 27 heavy (non-hydrogen) atoms. The van der Waals surface area contributed by atoms with Crippen LogP contribution in [-0.4, -0.2) is 36.0 Å². The van der Waals surface area contributed by atoms with Crippen molar-refractivity contribution >= 4 is 40.2 Å². The van der Waals surface area contributed by atoms with E-state index in [0.717, 1.165) is 10.3 Å². The molecule has 8 heteroatoms. The lowest BCUT2D eigenvalue weighted by molar-refractivity contribution is -0.524. The molecule has 1 heterocycles. The van der Waals surface area contributed by atoms with Gasteiger partial charge in [-0.1, -0.05) is 54.3 Å². The summed E-state index contributed by atoms with van der Waals surface area (Å²) < 4.78 is 1.19. The molecule has 0 unspecified atom stereocenters. The zero-order valence-corrected chi connectivity index (χ0v) is 16.6. The van der Waals surface area contributed by atoms with E-state index >= 15 is 0 Å². The summed E-state index contributed by atoms with van der Waals surface area (Å²) in [4.78, 5) is 12.3. The zero-order valence-electron chi connectivity index (χ0n) is 14.9. The summed E-state index contributed by atoms with van der Waals surface area (Å²) in [6.07, 6.45) is 0.980. The molecule has 0 N–H and O–H groups in total. The van der Waals surface area contributed by atoms with E-state index in [1.165, 1.54) is 30.1 Å². The van der Waals surface area contributed by atoms with Crippen molar-refractivity contribution < 1.29 is 9.66 Å². The van der Waals surface area contributed by atoms with Gasteiger partial charge in [0, 0.05) is 17.7 Å². The van der Waals surface area contributed by atoms with Crippen LogP contribution in [0, 0.1) is 15.3 Å². The van der Waals surface area contributed by atoms with Crippen molar-refractivity contribution in [1.29, 1.82) is 0 Å². The van der Waals surface area contributed by atoms with Gasteiger partial charge in [0.2, 0.25) is 0 Å². The summed E-state index contributed by atoms with van der Waals surface area (Å²) in [7, 11) is 0. The van der Waals surface area contributed by atoms with Gasteiger partial charge in [-0.05, 0) is 31.5 Å². The molecule has 1 atom stereocenters. The van der Waals surface area contributed by atoms with Crippen LogP contribution in [-0.2, 0) is 6.54 Å². The fourth-order valence-corrected chi connectivity index (χ4v) is 4.96. The molecule has 1 fully saturated rings. The minimum atomic E-state index is -0.481. The van der Waals surface area contributed by atoms with Gasteiger partial charge in [-0.3, -0.25) is 15.0 Å². The largest absolute Gasteiger partial charge is 0.622 e. The number of rotatable bonds is 5. The number of thiocarbonyl (C=S) groups is 1. The van der Waals surface area contributed by atoms with Crippen molar-refractivity contribution in [2.45, 2.75) is 31.3 Å². The van der Waals surface area contributed by atoms with E-state index in [2.05, 4.69) is 0 Å². The Labute approximate surface area is 167 Å². The number of nitrogens with zero attached hydrogens (tertiary/aromatic N) is 3. The normalized spacial score (nSPS) is 19.3. The minimum absolute atomic E-state index is 0.00627. The molecule has 2 aromatic carbocycles. The van der Waals surface area contributed by atoms with Crippen molar-refractivity contribution in [1.82, 2.24) is 4.90 Å². The quantitative estimate of drug-likeness (QED) is 0.187. The number of nitro benzene ring substituents is 1. The summed E-state index contributed by atoms with van der Waals surface area (Å²) in [5.74, 6) is 0. The molecule has 1 saturated heterocycles. The van der Waals surface area contributed by atoms with Crippen LogP contribution in [0.5, 0.6) is 0 Å². The maximum atomic E-state index is 13.0. The molecule has 2 aromatic rings. The van der Waals surface area contributed by atoms with E-state index in [1.807, 2.05) is 49.1 Å². The smallest absolute Gasteiger partial charge is 0.269 e. The Balaban J connectivity index is 1.89. The molecule has 0 bridgehead atoms. The van der Waals surface area contributed by atoms with Crippen LogP contribution in [0.2, 0.25) is 0 Å². The predicted octanol–water partition coefficient (Wildman–Crippen LogP) is 4.16.